The van der Waals surface area contributed by atoms with Crippen molar-refractivity contribution in [3.05, 3.63) is 52.0 Å². The largest absolute Gasteiger partial charge is 0.497 e. The number of nitrogens with one attached hydrogen (secondary N) is 1. The van der Waals surface area contributed by atoms with Crippen LogP contribution in [-0.2, 0) is 4.79 Å². The maximum atomic E-state index is 13.0. The molecule has 0 unspecified atom stereocenters. The summed E-state index contributed by atoms with van der Waals surface area (Å²) < 4.78 is 10.4. The highest BCUT2D eigenvalue weighted by molar-refractivity contribution is 6.35. The number of anilines is 1. The van der Waals surface area contributed by atoms with Gasteiger partial charge in [-0.3, -0.25) is 9.59 Å². The van der Waals surface area contributed by atoms with E-state index in [1.54, 1.807) is 36.4 Å². The zero-order valence-corrected chi connectivity index (χ0v) is 17.4. The summed E-state index contributed by atoms with van der Waals surface area (Å²) in [5, 5.41) is 3.51. The third-order valence-corrected chi connectivity index (χ3v) is 4.48. The van der Waals surface area contributed by atoms with Gasteiger partial charge in [0.25, 0.3) is 5.91 Å². The lowest BCUT2D eigenvalue weighted by Gasteiger charge is -2.22. The second kappa shape index (κ2) is 10.2. The van der Waals surface area contributed by atoms with Gasteiger partial charge in [-0.1, -0.05) is 30.1 Å². The van der Waals surface area contributed by atoms with Crippen LogP contribution < -0.4 is 14.8 Å². The molecule has 0 saturated carbocycles. The number of rotatable bonds is 8. The summed E-state index contributed by atoms with van der Waals surface area (Å²) in [6, 6.07) is 9.67. The molecule has 0 spiro atoms. The number of hydrogen-bond acceptors (Lipinski definition) is 4. The predicted molar refractivity (Wildman–Crippen MR) is 111 cm³/mol. The molecule has 0 aliphatic carbocycles. The Morgan fingerprint density at radius 3 is 2.25 bits per heavy atom. The smallest absolute Gasteiger partial charge is 0.254 e. The van der Waals surface area contributed by atoms with E-state index in [9.17, 15) is 9.59 Å². The van der Waals surface area contributed by atoms with E-state index in [1.165, 1.54) is 19.1 Å². The maximum absolute atomic E-state index is 13.0. The van der Waals surface area contributed by atoms with Crippen LogP contribution in [0.3, 0.4) is 0 Å². The molecule has 28 heavy (non-hydrogen) atoms. The third-order valence-electron chi connectivity index (χ3n) is 3.92. The normalized spacial score (nSPS) is 10.3. The van der Waals surface area contributed by atoms with Crippen LogP contribution in [0.5, 0.6) is 11.5 Å². The van der Waals surface area contributed by atoms with Crippen LogP contribution in [0, 0.1) is 0 Å². The minimum absolute atomic E-state index is 0.130. The Morgan fingerprint density at radius 1 is 1.04 bits per heavy atom. The number of carbonyl (C=O) groups is 2. The van der Waals surface area contributed by atoms with E-state index in [2.05, 4.69) is 5.32 Å². The van der Waals surface area contributed by atoms with Crippen molar-refractivity contribution in [2.75, 3.05) is 32.6 Å². The molecular formula is C20H22Cl2N2O4. The van der Waals surface area contributed by atoms with E-state index < -0.39 is 0 Å². The van der Waals surface area contributed by atoms with E-state index in [-0.39, 0.29) is 18.4 Å². The molecule has 0 bridgehead atoms. The van der Waals surface area contributed by atoms with Crippen LogP contribution in [0.25, 0.3) is 0 Å². The summed E-state index contributed by atoms with van der Waals surface area (Å²) in [6.07, 6.45) is 0.693. The lowest BCUT2D eigenvalue weighted by atomic mass is 10.1. The van der Waals surface area contributed by atoms with Crippen molar-refractivity contribution in [1.29, 1.82) is 0 Å². The first kappa shape index (κ1) is 21.9. The molecule has 0 radical (unpaired) electrons. The van der Waals surface area contributed by atoms with Crippen molar-refractivity contribution >= 4 is 40.7 Å². The summed E-state index contributed by atoms with van der Waals surface area (Å²) in [5.41, 5.74) is 0.768. The van der Waals surface area contributed by atoms with Crippen molar-refractivity contribution in [2.45, 2.75) is 13.3 Å². The fourth-order valence-electron chi connectivity index (χ4n) is 2.59. The van der Waals surface area contributed by atoms with Crippen molar-refractivity contribution in [3.8, 4) is 11.5 Å². The highest BCUT2D eigenvalue weighted by Crippen LogP contribution is 2.26. The Kier molecular flexibility index (Phi) is 7.96. The fraction of sp³-hybridized carbons (Fsp3) is 0.300. The minimum Gasteiger partial charge on any atom is -0.497 e. The van der Waals surface area contributed by atoms with Crippen LogP contribution in [0.2, 0.25) is 10.0 Å². The Bertz CT molecular complexity index is 836. The number of hydrogen-bond donors (Lipinski definition) is 1. The monoisotopic (exact) mass is 424 g/mol. The molecule has 0 aliphatic rings. The molecule has 2 amide bonds. The van der Waals surface area contributed by atoms with Gasteiger partial charge in [0, 0.05) is 23.2 Å². The quantitative estimate of drug-likeness (QED) is 0.676. The molecule has 0 atom stereocenters. The molecule has 0 fully saturated rings. The molecule has 0 aromatic heterocycles. The third kappa shape index (κ3) is 5.78. The lowest BCUT2D eigenvalue weighted by molar-refractivity contribution is -0.116. The molecule has 2 aromatic carbocycles. The molecule has 0 aliphatic heterocycles. The molecule has 0 saturated heterocycles. The summed E-state index contributed by atoms with van der Waals surface area (Å²) in [5.74, 6) is 0.316. The van der Waals surface area contributed by atoms with Gasteiger partial charge in [0.1, 0.15) is 18.0 Å². The van der Waals surface area contributed by atoms with E-state index in [4.69, 9.17) is 32.7 Å². The molecule has 0 heterocycles. The van der Waals surface area contributed by atoms with Crippen LogP contribution in [-0.4, -0.2) is 44.0 Å². The zero-order chi connectivity index (χ0) is 20.7. The van der Waals surface area contributed by atoms with Crippen molar-refractivity contribution in [3.63, 3.8) is 0 Å². The average Bonchev–Trinajstić information content (AvgIpc) is 2.69. The second-order valence-corrected chi connectivity index (χ2v) is 6.84. The maximum Gasteiger partial charge on any atom is 0.254 e. The van der Waals surface area contributed by atoms with Gasteiger partial charge in [0.05, 0.1) is 24.9 Å². The van der Waals surface area contributed by atoms with Gasteiger partial charge in [-0.15, -0.1) is 0 Å². The molecule has 8 heteroatoms. The van der Waals surface area contributed by atoms with Crippen molar-refractivity contribution in [2.24, 2.45) is 0 Å². The van der Waals surface area contributed by atoms with Crippen molar-refractivity contribution in [1.82, 2.24) is 4.90 Å². The first-order chi connectivity index (χ1) is 13.4. The molecule has 6 nitrogen and oxygen atoms in total. The molecule has 2 rings (SSSR count). The predicted octanol–water partition coefficient (Wildman–Crippen LogP) is 4.50. The van der Waals surface area contributed by atoms with Crippen LogP contribution in [0.1, 0.15) is 23.7 Å². The summed E-state index contributed by atoms with van der Waals surface area (Å²) in [7, 11) is 3.02. The zero-order valence-electron chi connectivity index (χ0n) is 15.9. The number of carbonyl (C=O) groups excluding carboxylic acids is 2. The minimum atomic E-state index is -0.374. The van der Waals surface area contributed by atoms with E-state index in [1.807, 2.05) is 6.92 Å². The molecular weight excluding hydrogens is 403 g/mol. The highest BCUT2D eigenvalue weighted by Gasteiger charge is 2.20. The Hall–Kier alpha value is -2.44. The van der Waals surface area contributed by atoms with Gasteiger partial charge < -0.3 is 19.7 Å². The van der Waals surface area contributed by atoms with Gasteiger partial charge in [0.15, 0.2) is 0 Å². The van der Waals surface area contributed by atoms with Gasteiger partial charge >= 0.3 is 0 Å². The SMILES string of the molecule is CCCN(CC(=O)Nc1cc(Cl)ccc1Cl)C(=O)c1cc(OC)cc(OC)c1. The van der Waals surface area contributed by atoms with Gasteiger partial charge in [-0.25, -0.2) is 0 Å². The summed E-state index contributed by atoms with van der Waals surface area (Å²) in [4.78, 5) is 26.9. The van der Waals surface area contributed by atoms with E-state index in [0.717, 1.165) is 0 Å². The highest BCUT2D eigenvalue weighted by atomic mass is 35.5. The van der Waals surface area contributed by atoms with Crippen LogP contribution in [0.15, 0.2) is 36.4 Å². The topological polar surface area (TPSA) is 67.9 Å². The summed E-state index contributed by atoms with van der Waals surface area (Å²) >= 11 is 12.0. The van der Waals surface area contributed by atoms with E-state index >= 15 is 0 Å². The second-order valence-electron chi connectivity index (χ2n) is 6.00. The Balaban J connectivity index is 2.19. The van der Waals surface area contributed by atoms with E-state index in [0.29, 0.717) is 45.8 Å². The van der Waals surface area contributed by atoms with Crippen molar-refractivity contribution < 1.29 is 19.1 Å². The first-order valence-corrected chi connectivity index (χ1v) is 9.40. The number of benzene rings is 2. The number of nitrogens with zero attached hydrogens (tertiary/aromatic N) is 1. The van der Waals surface area contributed by atoms with Crippen LogP contribution in [0.4, 0.5) is 5.69 Å². The van der Waals surface area contributed by atoms with Gasteiger partial charge in [-0.05, 0) is 36.8 Å². The average molecular weight is 425 g/mol. The number of methoxy groups -OCH3 is 2. The number of ether oxygens (including phenoxy) is 2. The molecule has 2 aromatic rings. The lowest BCUT2D eigenvalue weighted by Crippen LogP contribution is -2.38. The van der Waals surface area contributed by atoms with Gasteiger partial charge in [-0.2, -0.15) is 0 Å². The number of halogens is 2. The first-order valence-electron chi connectivity index (χ1n) is 8.65. The molecule has 1 N–H and O–H groups in total. The molecule has 150 valence electrons. The summed E-state index contributed by atoms with van der Waals surface area (Å²) in [6.45, 7) is 2.21. The number of amides is 2. The van der Waals surface area contributed by atoms with Crippen LogP contribution >= 0.6 is 23.2 Å². The standard InChI is InChI=1S/C20H22Cl2N2O4/c1-4-7-24(12-19(25)23-18-10-14(21)5-6-17(18)22)20(26)13-8-15(27-2)11-16(9-13)28-3/h5-6,8-11H,4,7,12H2,1-3H3,(H,23,25). The van der Waals surface area contributed by atoms with Gasteiger partial charge in [0.2, 0.25) is 5.91 Å². The fourth-order valence-corrected chi connectivity index (χ4v) is 2.93. The Morgan fingerprint density at radius 2 is 1.68 bits per heavy atom. The Labute approximate surface area is 174 Å².